The van der Waals surface area contributed by atoms with Crippen LogP contribution in [0.15, 0.2) is 12.1 Å². The number of Topliss-reactive ketones (excluding diaryl/α,β-unsaturated/α-hetero) is 1. The van der Waals surface area contributed by atoms with E-state index >= 15 is 0 Å². The van der Waals surface area contributed by atoms with Gasteiger partial charge in [-0.3, -0.25) is 4.79 Å². The molecule has 1 aliphatic heterocycles. The molecule has 17 heavy (non-hydrogen) atoms. The average Bonchev–Trinajstić information content (AvgIpc) is 2.94. The third kappa shape index (κ3) is 3.07. The Hall–Kier alpha value is -0.420. The largest absolute Gasteiger partial charge is 0.379 e. The summed E-state index contributed by atoms with van der Waals surface area (Å²) < 4.78 is 6.06. The van der Waals surface area contributed by atoms with E-state index in [9.17, 15) is 4.79 Å². The van der Waals surface area contributed by atoms with Crippen molar-refractivity contribution < 1.29 is 9.53 Å². The number of rotatable bonds is 5. The predicted octanol–water partition coefficient (Wildman–Crippen LogP) is 2.60. The molecule has 1 N–H and O–H groups in total. The van der Waals surface area contributed by atoms with Gasteiger partial charge in [-0.25, -0.2) is 0 Å². The molecule has 2 unspecified atom stereocenters. The van der Waals surface area contributed by atoms with Gasteiger partial charge in [-0.1, -0.05) is 18.5 Å². The van der Waals surface area contributed by atoms with Gasteiger partial charge in [0.05, 0.1) is 28.3 Å². The van der Waals surface area contributed by atoms with Crippen LogP contribution in [0, 0.1) is 5.92 Å². The summed E-state index contributed by atoms with van der Waals surface area (Å²) in [6.07, 6.45) is 1.06. The van der Waals surface area contributed by atoms with E-state index in [2.05, 4.69) is 12.2 Å². The Labute approximate surface area is 110 Å². The first-order chi connectivity index (χ1) is 8.22. The molecule has 2 heterocycles. The van der Waals surface area contributed by atoms with Gasteiger partial charge in [-0.2, -0.15) is 0 Å². The molecule has 94 valence electrons. The van der Waals surface area contributed by atoms with Gasteiger partial charge in [0.15, 0.2) is 5.78 Å². The van der Waals surface area contributed by atoms with E-state index in [1.165, 1.54) is 11.3 Å². The fraction of sp³-hybridized carbons (Fsp3) is 0.583. The van der Waals surface area contributed by atoms with E-state index in [1.54, 1.807) is 12.1 Å². The summed E-state index contributed by atoms with van der Waals surface area (Å²) in [5, 5.41) is 3.36. The Morgan fingerprint density at radius 3 is 3.06 bits per heavy atom. The van der Waals surface area contributed by atoms with Gasteiger partial charge in [0.1, 0.15) is 0 Å². The minimum atomic E-state index is -0.0729. The fourth-order valence-electron chi connectivity index (χ4n) is 1.97. The third-order valence-electron chi connectivity index (χ3n) is 2.89. The van der Waals surface area contributed by atoms with Crippen LogP contribution in [-0.4, -0.2) is 31.6 Å². The molecule has 0 saturated carbocycles. The first-order valence-electron chi connectivity index (χ1n) is 5.83. The number of hydrogen-bond acceptors (Lipinski definition) is 4. The Balaban J connectivity index is 2.03. The summed E-state index contributed by atoms with van der Waals surface area (Å²) in [5.41, 5.74) is 0. The first kappa shape index (κ1) is 13.0. The Morgan fingerprint density at radius 1 is 1.59 bits per heavy atom. The number of ketones is 1. The highest BCUT2D eigenvalue weighted by molar-refractivity contribution is 7.18. The average molecular weight is 274 g/mol. The Kier molecular flexibility index (Phi) is 4.56. The lowest BCUT2D eigenvalue weighted by Crippen LogP contribution is -2.39. The normalized spacial score (nSPS) is 24.1. The zero-order valence-corrected chi connectivity index (χ0v) is 11.3. The maximum Gasteiger partial charge on any atom is 0.179 e. The molecule has 1 aromatic heterocycles. The minimum Gasteiger partial charge on any atom is -0.379 e. The lowest BCUT2D eigenvalue weighted by Gasteiger charge is -2.16. The van der Waals surface area contributed by atoms with Crippen molar-refractivity contribution in [2.45, 2.75) is 19.4 Å². The van der Waals surface area contributed by atoms with Gasteiger partial charge in [-0.05, 0) is 25.1 Å². The molecule has 1 aromatic rings. The number of carbonyl (C=O) groups excluding carboxylic acids is 1. The molecule has 0 radical (unpaired) electrons. The zero-order chi connectivity index (χ0) is 12.3. The van der Waals surface area contributed by atoms with Crippen LogP contribution < -0.4 is 5.32 Å². The molecule has 0 spiro atoms. The Morgan fingerprint density at radius 2 is 2.41 bits per heavy atom. The van der Waals surface area contributed by atoms with Crippen LogP contribution >= 0.6 is 22.9 Å². The highest BCUT2D eigenvalue weighted by Gasteiger charge is 2.34. The summed E-state index contributed by atoms with van der Waals surface area (Å²) in [7, 11) is 0. The van der Waals surface area contributed by atoms with E-state index in [-0.39, 0.29) is 17.7 Å². The third-order valence-corrected chi connectivity index (χ3v) is 4.14. The van der Waals surface area contributed by atoms with Crippen LogP contribution in [-0.2, 0) is 4.74 Å². The molecule has 0 aromatic carbocycles. The molecule has 0 bridgehead atoms. The van der Waals surface area contributed by atoms with Gasteiger partial charge in [0.25, 0.3) is 0 Å². The second-order valence-corrected chi connectivity index (χ2v) is 5.89. The molecule has 2 rings (SSSR count). The summed E-state index contributed by atoms with van der Waals surface area (Å²) in [6.45, 7) is 4.16. The maximum absolute atomic E-state index is 12.3. The second kappa shape index (κ2) is 5.96. The summed E-state index contributed by atoms with van der Waals surface area (Å²) in [5.74, 6) is 0.0734. The molecule has 2 atom stereocenters. The number of hydrogen-bond donors (Lipinski definition) is 1. The van der Waals surface area contributed by atoms with Gasteiger partial charge >= 0.3 is 0 Å². The van der Waals surface area contributed by atoms with E-state index in [1.807, 2.05) is 0 Å². The van der Waals surface area contributed by atoms with E-state index in [0.717, 1.165) is 17.8 Å². The molecule has 5 heteroatoms. The molecule has 1 saturated heterocycles. The van der Waals surface area contributed by atoms with Crippen LogP contribution in [0.1, 0.15) is 23.0 Å². The van der Waals surface area contributed by atoms with Gasteiger partial charge in [0.2, 0.25) is 0 Å². The van der Waals surface area contributed by atoms with Crippen molar-refractivity contribution in [2.24, 2.45) is 5.92 Å². The number of ether oxygens (including phenoxy) is 1. The van der Waals surface area contributed by atoms with Crippen molar-refractivity contribution in [3.8, 4) is 0 Å². The van der Waals surface area contributed by atoms with Crippen molar-refractivity contribution >= 4 is 28.7 Å². The number of nitrogens with one attached hydrogen (secondary N) is 1. The molecule has 1 aliphatic rings. The zero-order valence-electron chi connectivity index (χ0n) is 9.74. The molecule has 1 fully saturated rings. The smallest absolute Gasteiger partial charge is 0.179 e. The van der Waals surface area contributed by atoms with Crippen molar-refractivity contribution in [3.63, 3.8) is 0 Å². The summed E-state index contributed by atoms with van der Waals surface area (Å²) in [6, 6.07) is 3.71. The first-order valence-corrected chi connectivity index (χ1v) is 7.02. The molecular weight excluding hydrogens is 258 g/mol. The molecule has 0 amide bonds. The molecule has 3 nitrogen and oxygen atoms in total. The maximum atomic E-state index is 12.3. The van der Waals surface area contributed by atoms with Gasteiger partial charge < -0.3 is 10.1 Å². The van der Waals surface area contributed by atoms with Crippen molar-refractivity contribution in [2.75, 3.05) is 19.8 Å². The predicted molar refractivity (Wildman–Crippen MR) is 70.1 cm³/mol. The number of thiophene rings is 1. The lowest BCUT2D eigenvalue weighted by molar-refractivity contribution is 0.0895. The van der Waals surface area contributed by atoms with Crippen molar-refractivity contribution in [1.82, 2.24) is 5.32 Å². The number of halogens is 1. The van der Waals surface area contributed by atoms with Crippen LogP contribution in [0.4, 0.5) is 0 Å². The highest BCUT2D eigenvalue weighted by atomic mass is 35.5. The second-order valence-electron chi connectivity index (χ2n) is 4.17. The van der Waals surface area contributed by atoms with E-state index in [4.69, 9.17) is 16.3 Å². The van der Waals surface area contributed by atoms with Crippen LogP contribution in [0.25, 0.3) is 0 Å². The van der Waals surface area contributed by atoms with Crippen molar-refractivity contribution in [3.05, 3.63) is 21.3 Å². The minimum absolute atomic E-state index is 0.0729. The monoisotopic (exact) mass is 273 g/mol. The quantitative estimate of drug-likeness (QED) is 0.838. The highest BCUT2D eigenvalue weighted by Crippen LogP contribution is 2.26. The number of carbonyl (C=O) groups is 1. The van der Waals surface area contributed by atoms with Crippen molar-refractivity contribution in [1.29, 1.82) is 0 Å². The lowest BCUT2D eigenvalue weighted by atomic mass is 9.97. The molecule has 0 aliphatic carbocycles. The SMILES string of the molecule is CCCNC1COCC1C(=O)c1ccc(Cl)s1. The standard InChI is InChI=1S/C12H16ClNO2S/c1-2-5-14-9-7-16-6-8(9)12(15)10-3-4-11(13)17-10/h3-4,8-9,14H,2,5-7H2,1H3. The summed E-state index contributed by atoms with van der Waals surface area (Å²) >= 11 is 7.19. The van der Waals surface area contributed by atoms with Crippen LogP contribution in [0.5, 0.6) is 0 Å². The van der Waals surface area contributed by atoms with Crippen LogP contribution in [0.3, 0.4) is 0 Å². The summed E-state index contributed by atoms with van der Waals surface area (Å²) in [4.78, 5) is 13.0. The van der Waals surface area contributed by atoms with Gasteiger partial charge in [0, 0.05) is 6.04 Å². The fourth-order valence-corrected chi connectivity index (χ4v) is 3.02. The van der Waals surface area contributed by atoms with Gasteiger partial charge in [-0.15, -0.1) is 11.3 Å². The Bertz CT molecular complexity index is 394. The topological polar surface area (TPSA) is 38.3 Å². The van der Waals surface area contributed by atoms with E-state index in [0.29, 0.717) is 17.6 Å². The molecular formula is C12H16ClNO2S. The van der Waals surface area contributed by atoms with Crippen LogP contribution in [0.2, 0.25) is 4.34 Å². The van der Waals surface area contributed by atoms with E-state index < -0.39 is 0 Å².